The van der Waals surface area contributed by atoms with Crippen LogP contribution in [0.2, 0.25) is 0 Å². The largest absolute Gasteiger partial charge is 0.477 e. The number of nitrogens with zero attached hydrogens (tertiary/aromatic N) is 3. The molecular weight excluding hydrogens is 352 g/mol. The number of carboxylic acids is 1. The Morgan fingerprint density at radius 2 is 2.15 bits per heavy atom. The van der Waals surface area contributed by atoms with Crippen molar-refractivity contribution in [3.63, 3.8) is 0 Å². The first-order valence-corrected chi connectivity index (χ1v) is 9.04. The van der Waals surface area contributed by atoms with Crippen molar-refractivity contribution in [2.75, 3.05) is 5.32 Å². The summed E-state index contributed by atoms with van der Waals surface area (Å²) in [5.41, 5.74) is 3.16. The maximum atomic E-state index is 12.5. The van der Waals surface area contributed by atoms with Crippen LogP contribution in [0, 0.1) is 6.92 Å². The molecule has 0 aliphatic heterocycles. The van der Waals surface area contributed by atoms with Crippen LogP contribution in [0.3, 0.4) is 0 Å². The number of aromatic carboxylic acids is 1. The first-order valence-electron chi connectivity index (χ1n) is 8.16. The van der Waals surface area contributed by atoms with Crippen LogP contribution in [-0.2, 0) is 0 Å². The average molecular weight is 368 g/mol. The first kappa shape index (κ1) is 16.5. The molecule has 2 N–H and O–H groups in total. The number of pyridine rings is 1. The van der Waals surface area contributed by atoms with E-state index in [9.17, 15) is 9.59 Å². The number of rotatable bonds is 5. The highest BCUT2D eigenvalue weighted by Gasteiger charge is 2.26. The highest BCUT2D eigenvalue weighted by Crippen LogP contribution is 2.39. The molecule has 1 aliphatic carbocycles. The predicted molar refractivity (Wildman–Crippen MR) is 97.3 cm³/mol. The summed E-state index contributed by atoms with van der Waals surface area (Å²) in [4.78, 5) is 32.4. The minimum absolute atomic E-state index is 0.216. The molecule has 3 aromatic heterocycles. The normalized spacial score (nSPS) is 13.6. The zero-order valence-electron chi connectivity index (χ0n) is 14.0. The van der Waals surface area contributed by atoms with Gasteiger partial charge in [-0.3, -0.25) is 9.78 Å². The lowest BCUT2D eigenvalue weighted by Gasteiger charge is -2.07. The molecule has 0 bridgehead atoms. The van der Waals surface area contributed by atoms with Crippen molar-refractivity contribution in [2.24, 2.45) is 0 Å². The number of anilines is 1. The van der Waals surface area contributed by atoms with Gasteiger partial charge in [0.2, 0.25) is 0 Å². The van der Waals surface area contributed by atoms with E-state index in [0.29, 0.717) is 17.2 Å². The Kier molecular flexibility index (Phi) is 4.04. The third kappa shape index (κ3) is 3.11. The van der Waals surface area contributed by atoms with Gasteiger partial charge in [-0.15, -0.1) is 11.3 Å². The number of carbonyl (C=O) groups excluding carboxylic acids is 1. The van der Waals surface area contributed by atoms with Crippen LogP contribution >= 0.6 is 11.3 Å². The summed E-state index contributed by atoms with van der Waals surface area (Å²) < 4.78 is 1.88. The maximum Gasteiger partial charge on any atom is 0.346 e. The molecule has 1 saturated carbocycles. The molecule has 7 nitrogen and oxygen atoms in total. The van der Waals surface area contributed by atoms with Crippen LogP contribution in [0.1, 0.15) is 50.2 Å². The van der Waals surface area contributed by atoms with Crippen molar-refractivity contribution < 1.29 is 14.7 Å². The number of nitrogens with one attached hydrogen (secondary N) is 1. The first-order chi connectivity index (χ1) is 12.5. The molecule has 0 spiro atoms. The van der Waals surface area contributed by atoms with E-state index in [-0.39, 0.29) is 16.5 Å². The summed E-state index contributed by atoms with van der Waals surface area (Å²) in [6, 6.07) is 3.50. The van der Waals surface area contributed by atoms with Gasteiger partial charge < -0.3 is 15.0 Å². The van der Waals surface area contributed by atoms with Gasteiger partial charge in [0, 0.05) is 23.7 Å². The van der Waals surface area contributed by atoms with E-state index in [1.807, 2.05) is 16.8 Å². The predicted octanol–water partition coefficient (Wildman–Crippen LogP) is 3.47. The van der Waals surface area contributed by atoms with Crippen LogP contribution in [0.4, 0.5) is 5.69 Å². The summed E-state index contributed by atoms with van der Waals surface area (Å²) in [5.74, 6) is -0.822. The van der Waals surface area contributed by atoms with Crippen LogP contribution < -0.4 is 5.32 Å². The van der Waals surface area contributed by atoms with Crippen LogP contribution in [-0.4, -0.2) is 31.5 Å². The van der Waals surface area contributed by atoms with Gasteiger partial charge in [-0.2, -0.15) is 0 Å². The van der Waals surface area contributed by atoms with Crippen LogP contribution in [0.25, 0.3) is 5.69 Å². The number of carbonyl (C=O) groups is 2. The molecule has 0 saturated heterocycles. The van der Waals surface area contributed by atoms with Gasteiger partial charge in [0.25, 0.3) is 5.91 Å². The van der Waals surface area contributed by atoms with E-state index >= 15 is 0 Å². The molecule has 3 aromatic rings. The molecule has 1 aliphatic rings. The number of hydrogen-bond acceptors (Lipinski definition) is 5. The Morgan fingerprint density at radius 3 is 2.85 bits per heavy atom. The maximum absolute atomic E-state index is 12.5. The molecule has 4 rings (SSSR count). The van der Waals surface area contributed by atoms with E-state index in [2.05, 4.69) is 15.3 Å². The molecular formula is C18H16N4O3S. The molecule has 0 aromatic carbocycles. The molecule has 3 heterocycles. The lowest BCUT2D eigenvalue weighted by atomic mass is 10.2. The topological polar surface area (TPSA) is 97.1 Å². The second-order valence-electron chi connectivity index (χ2n) is 6.24. The molecule has 0 atom stereocenters. The number of amides is 1. The molecule has 8 heteroatoms. The van der Waals surface area contributed by atoms with E-state index in [4.69, 9.17) is 5.11 Å². The monoisotopic (exact) mass is 368 g/mol. The summed E-state index contributed by atoms with van der Waals surface area (Å²) >= 11 is 1.09. The third-order valence-electron chi connectivity index (χ3n) is 4.35. The summed E-state index contributed by atoms with van der Waals surface area (Å²) in [6.45, 7) is 1.67. The van der Waals surface area contributed by atoms with Crippen molar-refractivity contribution in [1.82, 2.24) is 14.5 Å². The van der Waals surface area contributed by atoms with E-state index in [0.717, 1.165) is 22.7 Å². The summed E-state index contributed by atoms with van der Waals surface area (Å²) in [6.07, 6.45) is 7.66. The second-order valence-corrected chi connectivity index (χ2v) is 7.12. The Morgan fingerprint density at radius 1 is 1.35 bits per heavy atom. The number of carboxylic acid groups (broad SMARTS) is 1. The van der Waals surface area contributed by atoms with Gasteiger partial charge in [0.1, 0.15) is 10.6 Å². The van der Waals surface area contributed by atoms with Gasteiger partial charge in [0.15, 0.2) is 0 Å². The number of hydrogen-bond donors (Lipinski definition) is 2. The lowest BCUT2D eigenvalue weighted by molar-refractivity contribution is 0.0701. The Labute approximate surface area is 153 Å². The fourth-order valence-electron chi connectivity index (χ4n) is 2.71. The third-order valence-corrected chi connectivity index (χ3v) is 5.42. The quantitative estimate of drug-likeness (QED) is 0.719. The molecule has 0 radical (unpaired) electrons. The lowest BCUT2D eigenvalue weighted by Crippen LogP contribution is -2.14. The minimum Gasteiger partial charge on any atom is -0.477 e. The van der Waals surface area contributed by atoms with Gasteiger partial charge >= 0.3 is 5.97 Å². The van der Waals surface area contributed by atoms with Crippen LogP contribution in [0.5, 0.6) is 0 Å². The summed E-state index contributed by atoms with van der Waals surface area (Å²) in [7, 11) is 0. The zero-order valence-corrected chi connectivity index (χ0v) is 14.8. The Hall–Kier alpha value is -3.00. The van der Waals surface area contributed by atoms with E-state index in [1.165, 1.54) is 12.8 Å². The average Bonchev–Trinajstić information content (AvgIpc) is 3.25. The van der Waals surface area contributed by atoms with Crippen molar-refractivity contribution in [2.45, 2.75) is 25.7 Å². The van der Waals surface area contributed by atoms with Crippen molar-refractivity contribution in [3.8, 4) is 5.69 Å². The highest BCUT2D eigenvalue weighted by molar-refractivity contribution is 7.12. The standard InChI is InChI=1S/C18H16N4O3S/c1-10-15(8-26-16(10)18(24)25)21-17(23)13-6-12(4-5-19-13)22-7-14(20-9-22)11-2-3-11/h4-9,11H,2-3H2,1H3,(H,21,23)(H,24,25). The van der Waals surface area contributed by atoms with E-state index < -0.39 is 5.97 Å². The number of thiophene rings is 1. The molecule has 26 heavy (non-hydrogen) atoms. The molecule has 0 unspecified atom stereocenters. The second kappa shape index (κ2) is 6.38. The molecule has 1 amide bonds. The number of imidazole rings is 1. The van der Waals surface area contributed by atoms with Gasteiger partial charge in [0.05, 0.1) is 23.4 Å². The minimum atomic E-state index is -1.00. The van der Waals surface area contributed by atoms with Crippen LogP contribution in [0.15, 0.2) is 36.2 Å². The Balaban J connectivity index is 1.55. The smallest absolute Gasteiger partial charge is 0.346 e. The fraction of sp³-hybridized carbons (Fsp3) is 0.222. The van der Waals surface area contributed by atoms with Gasteiger partial charge in [-0.05, 0) is 37.5 Å². The van der Waals surface area contributed by atoms with E-state index in [1.54, 1.807) is 30.9 Å². The molecule has 132 valence electrons. The zero-order chi connectivity index (χ0) is 18.3. The number of aromatic nitrogens is 3. The van der Waals surface area contributed by atoms with Crippen molar-refractivity contribution >= 4 is 28.9 Å². The summed E-state index contributed by atoms with van der Waals surface area (Å²) in [5, 5.41) is 13.5. The molecule has 1 fully saturated rings. The van der Waals surface area contributed by atoms with Crippen molar-refractivity contribution in [3.05, 3.63) is 58.1 Å². The van der Waals surface area contributed by atoms with Crippen molar-refractivity contribution in [1.29, 1.82) is 0 Å². The Bertz CT molecular complexity index is 1000. The fourth-order valence-corrected chi connectivity index (χ4v) is 3.57. The van der Waals surface area contributed by atoms with Gasteiger partial charge in [-0.25, -0.2) is 9.78 Å². The SMILES string of the molecule is Cc1c(NC(=O)c2cc(-n3cnc(C4CC4)c3)ccn2)csc1C(=O)O. The highest BCUT2D eigenvalue weighted by atomic mass is 32.1. The van der Waals surface area contributed by atoms with Gasteiger partial charge in [-0.1, -0.05) is 0 Å².